The Hall–Kier alpha value is -2.10. The first kappa shape index (κ1) is 11.0. The van der Waals surface area contributed by atoms with E-state index in [9.17, 15) is 9.59 Å². The summed E-state index contributed by atoms with van der Waals surface area (Å²) in [5, 5.41) is 2.33. The largest absolute Gasteiger partial charge is 0.328 e. The van der Waals surface area contributed by atoms with Crippen molar-refractivity contribution in [1.82, 2.24) is 10.2 Å². The molecule has 3 amide bonds. The van der Waals surface area contributed by atoms with Crippen molar-refractivity contribution in [3.63, 3.8) is 0 Å². The van der Waals surface area contributed by atoms with E-state index in [1.807, 2.05) is 0 Å². The second-order valence-electron chi connectivity index (χ2n) is 2.88. The van der Waals surface area contributed by atoms with Gasteiger partial charge in [-0.2, -0.15) is 0 Å². The molecular weight excluding hydrogens is 192 g/mol. The molecular formula is C11H12N2O2. The third kappa shape index (κ3) is 2.67. The highest BCUT2D eigenvalue weighted by Gasteiger charge is 2.16. The standard InChI is InChI=1S/C11H12N2O2/c1-3-12-11(15)13(2)10(14)9-7-5-4-6-8-9/h3-8H,1H2,2H3,(H,12,15). The lowest BCUT2D eigenvalue weighted by molar-refractivity contribution is 0.0834. The van der Waals surface area contributed by atoms with Crippen LogP contribution >= 0.6 is 0 Å². The van der Waals surface area contributed by atoms with Gasteiger partial charge in [-0.25, -0.2) is 4.79 Å². The number of imide groups is 1. The van der Waals surface area contributed by atoms with Gasteiger partial charge >= 0.3 is 6.03 Å². The van der Waals surface area contributed by atoms with E-state index in [4.69, 9.17) is 0 Å². The second kappa shape index (κ2) is 4.95. The summed E-state index contributed by atoms with van der Waals surface area (Å²) in [5.41, 5.74) is 0.471. The molecule has 0 spiro atoms. The first-order chi connectivity index (χ1) is 7.16. The first-order valence-corrected chi connectivity index (χ1v) is 4.41. The zero-order chi connectivity index (χ0) is 11.3. The normalized spacial score (nSPS) is 9.13. The summed E-state index contributed by atoms with van der Waals surface area (Å²) in [6.07, 6.45) is 1.23. The second-order valence-corrected chi connectivity index (χ2v) is 2.88. The molecule has 1 N–H and O–H groups in total. The fraction of sp³-hybridized carbons (Fsp3) is 0.0909. The highest BCUT2D eigenvalue weighted by atomic mass is 16.2. The zero-order valence-corrected chi connectivity index (χ0v) is 8.43. The van der Waals surface area contributed by atoms with Crippen LogP contribution in [0.5, 0.6) is 0 Å². The van der Waals surface area contributed by atoms with Crippen LogP contribution in [0.3, 0.4) is 0 Å². The third-order valence-corrected chi connectivity index (χ3v) is 1.86. The Morgan fingerprint density at radius 2 is 1.93 bits per heavy atom. The maximum atomic E-state index is 11.7. The first-order valence-electron chi connectivity index (χ1n) is 4.41. The van der Waals surface area contributed by atoms with Gasteiger partial charge in [-0.15, -0.1) is 0 Å². The van der Waals surface area contributed by atoms with E-state index >= 15 is 0 Å². The number of hydrogen-bond donors (Lipinski definition) is 1. The summed E-state index contributed by atoms with van der Waals surface area (Å²) in [6.45, 7) is 3.35. The molecule has 4 nitrogen and oxygen atoms in total. The van der Waals surface area contributed by atoms with Gasteiger partial charge in [-0.3, -0.25) is 9.69 Å². The number of nitrogens with zero attached hydrogens (tertiary/aromatic N) is 1. The summed E-state index contributed by atoms with van der Waals surface area (Å²) in [4.78, 5) is 24.0. The number of nitrogens with one attached hydrogen (secondary N) is 1. The van der Waals surface area contributed by atoms with Gasteiger partial charge in [0.15, 0.2) is 0 Å². The van der Waals surface area contributed by atoms with E-state index in [1.165, 1.54) is 13.2 Å². The highest BCUT2D eigenvalue weighted by molar-refractivity contribution is 6.04. The van der Waals surface area contributed by atoms with E-state index in [0.29, 0.717) is 5.56 Å². The van der Waals surface area contributed by atoms with Crippen molar-refractivity contribution in [2.75, 3.05) is 7.05 Å². The molecule has 0 radical (unpaired) electrons. The molecule has 1 aromatic rings. The molecule has 0 aliphatic carbocycles. The van der Waals surface area contributed by atoms with Crippen molar-refractivity contribution < 1.29 is 9.59 Å². The predicted molar refractivity (Wildman–Crippen MR) is 57.3 cm³/mol. The van der Waals surface area contributed by atoms with E-state index < -0.39 is 6.03 Å². The minimum Gasteiger partial charge on any atom is -0.315 e. The number of benzene rings is 1. The summed E-state index contributed by atoms with van der Waals surface area (Å²) in [5.74, 6) is -0.352. The third-order valence-electron chi connectivity index (χ3n) is 1.86. The van der Waals surface area contributed by atoms with Gasteiger partial charge in [0.25, 0.3) is 5.91 Å². The van der Waals surface area contributed by atoms with Gasteiger partial charge in [0.1, 0.15) is 0 Å². The fourth-order valence-electron chi connectivity index (χ4n) is 1.05. The van der Waals surface area contributed by atoms with Crippen molar-refractivity contribution in [3.05, 3.63) is 48.7 Å². The monoisotopic (exact) mass is 204 g/mol. The van der Waals surface area contributed by atoms with Crippen LogP contribution in [0, 0.1) is 0 Å². The van der Waals surface area contributed by atoms with Gasteiger partial charge in [0.05, 0.1) is 0 Å². The Labute approximate surface area is 88.2 Å². The van der Waals surface area contributed by atoms with E-state index in [-0.39, 0.29) is 5.91 Å². The van der Waals surface area contributed by atoms with Crippen LogP contribution in [0.4, 0.5) is 4.79 Å². The minimum atomic E-state index is -0.501. The average molecular weight is 204 g/mol. The number of carbonyl (C=O) groups is 2. The maximum Gasteiger partial charge on any atom is 0.328 e. The van der Waals surface area contributed by atoms with Crippen LogP contribution in [0.1, 0.15) is 10.4 Å². The SMILES string of the molecule is C=CNC(=O)N(C)C(=O)c1ccccc1. The van der Waals surface area contributed by atoms with Crippen molar-refractivity contribution in [3.8, 4) is 0 Å². The maximum absolute atomic E-state index is 11.7. The number of amides is 3. The number of carbonyl (C=O) groups excluding carboxylic acids is 2. The van der Waals surface area contributed by atoms with Crippen molar-refractivity contribution in [1.29, 1.82) is 0 Å². The van der Waals surface area contributed by atoms with Gasteiger partial charge in [0.2, 0.25) is 0 Å². The Morgan fingerprint density at radius 1 is 1.33 bits per heavy atom. The average Bonchev–Trinajstić information content (AvgIpc) is 2.28. The molecule has 0 aliphatic rings. The van der Waals surface area contributed by atoms with Crippen LogP contribution < -0.4 is 5.32 Å². The minimum absolute atomic E-state index is 0.352. The highest BCUT2D eigenvalue weighted by Crippen LogP contribution is 2.02. The smallest absolute Gasteiger partial charge is 0.315 e. The number of hydrogen-bond acceptors (Lipinski definition) is 2. The van der Waals surface area contributed by atoms with Crippen LogP contribution in [0.25, 0.3) is 0 Å². The topological polar surface area (TPSA) is 49.4 Å². The predicted octanol–water partition coefficient (Wildman–Crippen LogP) is 1.61. The quantitative estimate of drug-likeness (QED) is 0.795. The lowest BCUT2D eigenvalue weighted by Gasteiger charge is -2.14. The van der Waals surface area contributed by atoms with Gasteiger partial charge < -0.3 is 5.32 Å². The molecule has 4 heteroatoms. The molecule has 1 rings (SSSR count). The van der Waals surface area contributed by atoms with Crippen LogP contribution in [-0.4, -0.2) is 23.9 Å². The molecule has 78 valence electrons. The molecule has 0 saturated heterocycles. The molecule has 0 saturated carbocycles. The van der Waals surface area contributed by atoms with E-state index in [2.05, 4.69) is 11.9 Å². The van der Waals surface area contributed by atoms with Gasteiger partial charge in [0, 0.05) is 12.6 Å². The Morgan fingerprint density at radius 3 is 2.47 bits per heavy atom. The Balaban J connectivity index is 2.77. The fourth-order valence-corrected chi connectivity index (χ4v) is 1.05. The van der Waals surface area contributed by atoms with E-state index in [1.54, 1.807) is 30.3 Å². The Kier molecular flexibility index (Phi) is 3.62. The number of urea groups is 1. The molecule has 0 unspecified atom stereocenters. The van der Waals surface area contributed by atoms with Crippen LogP contribution in [0.2, 0.25) is 0 Å². The summed E-state index contributed by atoms with van der Waals surface area (Å²) >= 11 is 0. The lowest BCUT2D eigenvalue weighted by Crippen LogP contribution is -2.38. The van der Waals surface area contributed by atoms with Crippen LogP contribution in [-0.2, 0) is 0 Å². The lowest BCUT2D eigenvalue weighted by atomic mass is 10.2. The molecule has 0 atom stereocenters. The summed E-state index contributed by atoms with van der Waals surface area (Å²) < 4.78 is 0. The molecule has 1 aromatic carbocycles. The summed E-state index contributed by atoms with van der Waals surface area (Å²) in [7, 11) is 1.41. The van der Waals surface area contributed by atoms with Gasteiger partial charge in [-0.1, -0.05) is 24.8 Å². The van der Waals surface area contributed by atoms with Gasteiger partial charge in [-0.05, 0) is 18.3 Å². The molecule has 0 aromatic heterocycles. The number of rotatable bonds is 2. The molecule has 0 aliphatic heterocycles. The Bertz CT molecular complexity index is 373. The molecule has 0 bridgehead atoms. The molecule has 0 heterocycles. The van der Waals surface area contributed by atoms with Crippen molar-refractivity contribution in [2.24, 2.45) is 0 Å². The van der Waals surface area contributed by atoms with Crippen molar-refractivity contribution in [2.45, 2.75) is 0 Å². The van der Waals surface area contributed by atoms with Crippen molar-refractivity contribution >= 4 is 11.9 Å². The summed E-state index contributed by atoms with van der Waals surface area (Å²) in [6, 6.07) is 8.10. The molecule has 0 fully saturated rings. The van der Waals surface area contributed by atoms with Crippen LogP contribution in [0.15, 0.2) is 43.1 Å². The van der Waals surface area contributed by atoms with E-state index in [0.717, 1.165) is 4.90 Å². The molecule has 15 heavy (non-hydrogen) atoms. The zero-order valence-electron chi connectivity index (χ0n) is 8.43.